The summed E-state index contributed by atoms with van der Waals surface area (Å²) in [6, 6.07) is 5.08. The van der Waals surface area contributed by atoms with Crippen molar-refractivity contribution in [2.45, 2.75) is 26.4 Å². The fraction of sp³-hybridized carbons (Fsp3) is 0.353. The number of rotatable bonds is 4. The SMILES string of the molecule is COC(=O)c1c[nH]c2ccc(NC(=O)CNC(=O)OC(C)(C)C)cc12. The van der Waals surface area contributed by atoms with E-state index < -0.39 is 23.6 Å². The quantitative estimate of drug-likeness (QED) is 0.736. The third kappa shape index (κ3) is 4.97. The molecule has 0 aliphatic carbocycles. The smallest absolute Gasteiger partial charge is 0.408 e. The number of anilines is 1. The van der Waals surface area contributed by atoms with Crippen LogP contribution < -0.4 is 10.6 Å². The van der Waals surface area contributed by atoms with Crippen LogP contribution in [0.2, 0.25) is 0 Å². The third-order valence-corrected chi connectivity index (χ3v) is 3.16. The first kappa shape index (κ1) is 18.3. The lowest BCUT2D eigenvalue weighted by Crippen LogP contribution is -2.37. The zero-order valence-corrected chi connectivity index (χ0v) is 14.6. The lowest BCUT2D eigenvalue weighted by molar-refractivity contribution is -0.115. The Labute approximate surface area is 144 Å². The van der Waals surface area contributed by atoms with Crippen molar-refractivity contribution in [3.63, 3.8) is 0 Å². The van der Waals surface area contributed by atoms with Crippen molar-refractivity contribution < 1.29 is 23.9 Å². The lowest BCUT2D eigenvalue weighted by Gasteiger charge is -2.19. The molecule has 2 rings (SSSR count). The fourth-order valence-corrected chi connectivity index (χ4v) is 2.15. The molecule has 1 aromatic carbocycles. The Balaban J connectivity index is 2.01. The Morgan fingerprint density at radius 1 is 1.20 bits per heavy atom. The number of esters is 1. The van der Waals surface area contributed by atoms with Crippen LogP contribution in [0.25, 0.3) is 10.9 Å². The number of hydrogen-bond acceptors (Lipinski definition) is 5. The highest BCUT2D eigenvalue weighted by Gasteiger charge is 2.17. The van der Waals surface area contributed by atoms with Gasteiger partial charge in [0.15, 0.2) is 0 Å². The average Bonchev–Trinajstić information content (AvgIpc) is 2.94. The van der Waals surface area contributed by atoms with Gasteiger partial charge in [0, 0.05) is 22.8 Å². The summed E-state index contributed by atoms with van der Waals surface area (Å²) in [6.45, 7) is 4.97. The van der Waals surface area contributed by atoms with E-state index in [0.717, 1.165) is 5.52 Å². The van der Waals surface area contributed by atoms with E-state index in [1.807, 2.05) is 0 Å². The zero-order chi connectivity index (χ0) is 18.6. The molecule has 8 heteroatoms. The Morgan fingerprint density at radius 2 is 1.92 bits per heavy atom. The number of nitrogens with one attached hydrogen (secondary N) is 3. The summed E-state index contributed by atoms with van der Waals surface area (Å²) in [5.41, 5.74) is 0.975. The number of H-pyrrole nitrogens is 1. The molecule has 8 nitrogen and oxygen atoms in total. The maximum atomic E-state index is 12.0. The number of ether oxygens (including phenoxy) is 2. The zero-order valence-electron chi connectivity index (χ0n) is 14.6. The van der Waals surface area contributed by atoms with Gasteiger partial charge in [-0.05, 0) is 39.0 Å². The topological polar surface area (TPSA) is 110 Å². The van der Waals surface area contributed by atoms with E-state index in [9.17, 15) is 14.4 Å². The molecule has 2 aromatic rings. The highest BCUT2D eigenvalue weighted by Crippen LogP contribution is 2.23. The lowest BCUT2D eigenvalue weighted by atomic mass is 10.1. The first-order chi connectivity index (χ1) is 11.7. The van der Waals surface area contributed by atoms with E-state index in [-0.39, 0.29) is 6.54 Å². The molecular weight excluding hydrogens is 326 g/mol. The van der Waals surface area contributed by atoms with Crippen molar-refractivity contribution in [1.82, 2.24) is 10.3 Å². The Hall–Kier alpha value is -3.03. The predicted molar refractivity (Wildman–Crippen MR) is 92.5 cm³/mol. The highest BCUT2D eigenvalue weighted by molar-refractivity contribution is 6.06. The van der Waals surface area contributed by atoms with E-state index in [1.165, 1.54) is 7.11 Å². The molecule has 0 unspecified atom stereocenters. The van der Waals surface area contributed by atoms with Crippen LogP contribution in [0.4, 0.5) is 10.5 Å². The minimum Gasteiger partial charge on any atom is -0.465 e. The molecule has 1 aromatic heterocycles. The van der Waals surface area contributed by atoms with Crippen LogP contribution in [-0.2, 0) is 14.3 Å². The average molecular weight is 347 g/mol. The van der Waals surface area contributed by atoms with Gasteiger partial charge in [-0.15, -0.1) is 0 Å². The molecule has 0 radical (unpaired) electrons. The number of aromatic amines is 1. The Kier molecular flexibility index (Phi) is 5.31. The molecule has 0 saturated carbocycles. The van der Waals surface area contributed by atoms with Crippen molar-refractivity contribution in [3.05, 3.63) is 30.0 Å². The van der Waals surface area contributed by atoms with Crippen LogP contribution in [-0.4, -0.2) is 42.2 Å². The van der Waals surface area contributed by atoms with Crippen LogP contribution >= 0.6 is 0 Å². The number of methoxy groups -OCH3 is 1. The summed E-state index contributed by atoms with van der Waals surface area (Å²) < 4.78 is 9.78. The van der Waals surface area contributed by atoms with Gasteiger partial charge in [0.2, 0.25) is 5.91 Å². The monoisotopic (exact) mass is 347 g/mol. The van der Waals surface area contributed by atoms with Crippen LogP contribution in [0.5, 0.6) is 0 Å². The van der Waals surface area contributed by atoms with E-state index in [4.69, 9.17) is 9.47 Å². The van der Waals surface area contributed by atoms with Crippen LogP contribution in [0.15, 0.2) is 24.4 Å². The summed E-state index contributed by atoms with van der Waals surface area (Å²) in [4.78, 5) is 38.2. The van der Waals surface area contributed by atoms with E-state index in [1.54, 1.807) is 45.2 Å². The number of fused-ring (bicyclic) bond motifs is 1. The molecule has 0 spiro atoms. The summed E-state index contributed by atoms with van der Waals surface area (Å²) in [5, 5.41) is 5.66. The molecule has 0 aliphatic rings. The van der Waals surface area contributed by atoms with Crippen molar-refractivity contribution in [2.75, 3.05) is 19.0 Å². The first-order valence-corrected chi connectivity index (χ1v) is 7.66. The second kappa shape index (κ2) is 7.25. The summed E-state index contributed by atoms with van der Waals surface area (Å²) in [6.07, 6.45) is 0.878. The van der Waals surface area contributed by atoms with E-state index >= 15 is 0 Å². The highest BCUT2D eigenvalue weighted by atomic mass is 16.6. The normalized spacial score (nSPS) is 11.0. The van der Waals surface area contributed by atoms with Gasteiger partial charge >= 0.3 is 12.1 Å². The van der Waals surface area contributed by atoms with Crippen LogP contribution in [0.1, 0.15) is 31.1 Å². The third-order valence-electron chi connectivity index (χ3n) is 3.16. The first-order valence-electron chi connectivity index (χ1n) is 7.66. The number of hydrogen-bond donors (Lipinski definition) is 3. The minimum atomic E-state index is -0.670. The molecule has 25 heavy (non-hydrogen) atoms. The molecule has 2 amide bonds. The second-order valence-corrected chi connectivity index (χ2v) is 6.36. The van der Waals surface area contributed by atoms with Gasteiger partial charge < -0.3 is 25.1 Å². The molecule has 0 bridgehead atoms. The second-order valence-electron chi connectivity index (χ2n) is 6.36. The van der Waals surface area contributed by atoms with Crippen molar-refractivity contribution in [2.24, 2.45) is 0 Å². The number of aromatic nitrogens is 1. The molecule has 1 heterocycles. The maximum absolute atomic E-state index is 12.0. The molecule has 134 valence electrons. The maximum Gasteiger partial charge on any atom is 0.408 e. The number of benzene rings is 1. The molecule has 0 atom stereocenters. The van der Waals surface area contributed by atoms with Gasteiger partial charge in [-0.1, -0.05) is 0 Å². The number of amides is 2. The number of carbonyl (C=O) groups excluding carboxylic acids is 3. The standard InChI is InChI=1S/C17H21N3O5/c1-17(2,3)25-16(23)19-9-14(21)20-10-5-6-13-11(7-10)12(8-18-13)15(22)24-4/h5-8,18H,9H2,1-4H3,(H,19,23)(H,20,21). The molecular formula is C17H21N3O5. The van der Waals surface area contributed by atoms with Crippen molar-refractivity contribution in [1.29, 1.82) is 0 Å². The van der Waals surface area contributed by atoms with Crippen molar-refractivity contribution >= 4 is 34.6 Å². The van der Waals surface area contributed by atoms with Gasteiger partial charge in [-0.3, -0.25) is 4.79 Å². The molecule has 3 N–H and O–H groups in total. The van der Waals surface area contributed by atoms with Gasteiger partial charge in [-0.2, -0.15) is 0 Å². The molecule has 0 fully saturated rings. The van der Waals surface area contributed by atoms with Gasteiger partial charge in [0.25, 0.3) is 0 Å². The molecule has 0 aliphatic heterocycles. The van der Waals surface area contributed by atoms with E-state index in [2.05, 4.69) is 15.6 Å². The Morgan fingerprint density at radius 3 is 2.56 bits per heavy atom. The molecule has 0 saturated heterocycles. The van der Waals surface area contributed by atoms with Gasteiger partial charge in [-0.25, -0.2) is 9.59 Å². The Bertz CT molecular complexity index is 804. The van der Waals surface area contributed by atoms with Crippen LogP contribution in [0, 0.1) is 0 Å². The van der Waals surface area contributed by atoms with E-state index in [0.29, 0.717) is 16.6 Å². The number of alkyl carbamates (subject to hydrolysis) is 1. The predicted octanol–water partition coefficient (Wildman–Crippen LogP) is 2.42. The van der Waals surface area contributed by atoms with Gasteiger partial charge in [0.05, 0.1) is 12.7 Å². The minimum absolute atomic E-state index is 0.232. The van der Waals surface area contributed by atoms with Gasteiger partial charge in [0.1, 0.15) is 12.1 Å². The number of carbonyl (C=O) groups is 3. The fourth-order valence-electron chi connectivity index (χ4n) is 2.15. The largest absolute Gasteiger partial charge is 0.465 e. The van der Waals surface area contributed by atoms with Crippen molar-refractivity contribution in [3.8, 4) is 0 Å². The van der Waals surface area contributed by atoms with Crippen LogP contribution in [0.3, 0.4) is 0 Å². The summed E-state index contributed by atoms with van der Waals surface area (Å²) >= 11 is 0. The summed E-state index contributed by atoms with van der Waals surface area (Å²) in [7, 11) is 1.30. The summed E-state index contributed by atoms with van der Waals surface area (Å²) in [5.74, 6) is -0.887.